The number of aromatic nitrogens is 2. The number of nitrogens with one attached hydrogen (secondary N) is 1. The lowest BCUT2D eigenvalue weighted by molar-refractivity contribution is 0.331. The normalized spacial score (nSPS) is 13.3. The molecule has 0 radical (unpaired) electrons. The molecule has 0 atom stereocenters. The fourth-order valence-electron chi connectivity index (χ4n) is 3.95. The molecule has 1 aliphatic rings. The maximum atomic E-state index is 10.5. The van der Waals surface area contributed by atoms with Crippen molar-refractivity contribution in [3.63, 3.8) is 0 Å². The second-order valence-corrected chi connectivity index (χ2v) is 8.06. The molecule has 0 unspecified atom stereocenters. The van der Waals surface area contributed by atoms with Crippen molar-refractivity contribution in [1.29, 1.82) is 0 Å². The number of phenolic OH excluding ortho intramolecular Hbond substituents is 1. The molecule has 0 spiro atoms. The van der Waals surface area contributed by atoms with Gasteiger partial charge in [0.1, 0.15) is 5.75 Å². The van der Waals surface area contributed by atoms with Crippen molar-refractivity contribution in [2.75, 3.05) is 24.1 Å². The zero-order chi connectivity index (χ0) is 23.1. The zero-order valence-corrected chi connectivity index (χ0v) is 18.6. The van der Waals surface area contributed by atoms with Crippen molar-refractivity contribution >= 4 is 11.4 Å². The van der Waals surface area contributed by atoms with Crippen LogP contribution in [-0.2, 0) is 20.0 Å². The highest BCUT2D eigenvalue weighted by atomic mass is 16.3. The van der Waals surface area contributed by atoms with E-state index in [1.807, 2.05) is 43.7 Å². The van der Waals surface area contributed by atoms with E-state index < -0.39 is 0 Å². The largest absolute Gasteiger partial charge is 0.506 e. The first-order chi connectivity index (χ1) is 15.5. The molecule has 6 heteroatoms. The third kappa shape index (κ3) is 5.71. The third-order valence-corrected chi connectivity index (χ3v) is 5.56. The van der Waals surface area contributed by atoms with Crippen LogP contribution in [0.5, 0.6) is 5.75 Å². The van der Waals surface area contributed by atoms with Gasteiger partial charge in [0, 0.05) is 43.2 Å². The van der Waals surface area contributed by atoms with Crippen molar-refractivity contribution in [3.05, 3.63) is 72.2 Å². The summed E-state index contributed by atoms with van der Waals surface area (Å²) in [5.41, 5.74) is 12.6. The molecule has 2 heterocycles. The topological polar surface area (TPSA) is 79.3 Å². The predicted octanol–water partition coefficient (Wildman–Crippen LogP) is 4.39. The summed E-state index contributed by atoms with van der Waals surface area (Å²) in [6.45, 7) is 7.29. The van der Waals surface area contributed by atoms with Gasteiger partial charge in [-0.3, -0.25) is 9.58 Å². The SMILES string of the molecule is C#C.C=C(Cc1cc(-c2cnn(C)c2)ccc1N)Nc1ccc(CN2CCCC2)cc1O. The fourth-order valence-corrected chi connectivity index (χ4v) is 3.95. The summed E-state index contributed by atoms with van der Waals surface area (Å²) in [6.07, 6.45) is 14.9. The lowest BCUT2D eigenvalue weighted by Gasteiger charge is -2.17. The highest BCUT2D eigenvalue weighted by Gasteiger charge is 2.13. The molecular weight excluding hydrogens is 398 g/mol. The first kappa shape index (κ1) is 23.0. The highest BCUT2D eigenvalue weighted by Crippen LogP contribution is 2.29. The Bertz CT molecular complexity index is 1090. The minimum absolute atomic E-state index is 0.241. The Morgan fingerprint density at radius 1 is 1.16 bits per heavy atom. The van der Waals surface area contributed by atoms with Gasteiger partial charge in [0.25, 0.3) is 0 Å². The number of nitrogens with zero attached hydrogens (tertiary/aromatic N) is 3. The Kier molecular flexibility index (Phi) is 7.58. The Morgan fingerprint density at radius 2 is 1.91 bits per heavy atom. The summed E-state index contributed by atoms with van der Waals surface area (Å²) in [6, 6.07) is 11.8. The van der Waals surface area contributed by atoms with Gasteiger partial charge < -0.3 is 16.2 Å². The Morgan fingerprint density at radius 3 is 2.56 bits per heavy atom. The summed E-state index contributed by atoms with van der Waals surface area (Å²) in [5.74, 6) is 0.241. The maximum Gasteiger partial charge on any atom is 0.139 e. The number of terminal acetylenes is 1. The van der Waals surface area contributed by atoms with Crippen molar-refractivity contribution in [2.45, 2.75) is 25.8 Å². The average Bonchev–Trinajstić information content (AvgIpc) is 3.45. The Hall–Kier alpha value is -3.69. The smallest absolute Gasteiger partial charge is 0.139 e. The van der Waals surface area contributed by atoms with E-state index in [4.69, 9.17) is 5.73 Å². The van der Waals surface area contributed by atoms with Gasteiger partial charge in [-0.1, -0.05) is 18.7 Å². The minimum Gasteiger partial charge on any atom is -0.506 e. The van der Waals surface area contributed by atoms with E-state index in [2.05, 4.69) is 46.9 Å². The number of nitrogen functional groups attached to an aromatic ring is 1. The van der Waals surface area contributed by atoms with E-state index in [1.165, 1.54) is 12.8 Å². The summed E-state index contributed by atoms with van der Waals surface area (Å²) >= 11 is 0. The van der Waals surface area contributed by atoms with E-state index >= 15 is 0 Å². The second kappa shape index (κ2) is 10.6. The number of aryl methyl sites for hydroxylation is 1. The maximum absolute atomic E-state index is 10.5. The van der Waals surface area contributed by atoms with Gasteiger partial charge in [-0.05, 0) is 66.9 Å². The number of rotatable bonds is 7. The monoisotopic (exact) mass is 429 g/mol. The van der Waals surface area contributed by atoms with Crippen LogP contribution in [-0.4, -0.2) is 32.9 Å². The molecule has 0 bridgehead atoms. The van der Waals surface area contributed by atoms with Crippen LogP contribution >= 0.6 is 0 Å². The standard InChI is InChI=1S/C24H29N5O.C2H2/c1-17(11-20-13-19(6-7-22(20)25)21-14-26-28(2)16-21)27-23-8-5-18(12-24(23)30)15-29-9-3-4-10-29;1-2/h5-8,12-14,16,27,30H,1,3-4,9-11,15,25H2,2H3;1-2H. The summed E-state index contributed by atoms with van der Waals surface area (Å²) in [5, 5.41) is 17.9. The number of anilines is 2. The lowest BCUT2D eigenvalue weighted by atomic mass is 10.0. The Balaban J connectivity index is 0.00000141. The predicted molar refractivity (Wildman–Crippen MR) is 132 cm³/mol. The quantitative estimate of drug-likeness (QED) is 0.295. The molecule has 4 rings (SSSR count). The second-order valence-electron chi connectivity index (χ2n) is 8.06. The van der Waals surface area contributed by atoms with E-state index in [-0.39, 0.29) is 5.75 Å². The summed E-state index contributed by atoms with van der Waals surface area (Å²) in [4.78, 5) is 2.42. The van der Waals surface area contributed by atoms with Crippen LogP contribution in [0.3, 0.4) is 0 Å². The minimum atomic E-state index is 0.241. The first-order valence-electron chi connectivity index (χ1n) is 10.7. The molecule has 1 saturated heterocycles. The lowest BCUT2D eigenvalue weighted by Crippen LogP contribution is -2.18. The van der Waals surface area contributed by atoms with Crippen LogP contribution in [0.25, 0.3) is 11.1 Å². The molecule has 1 aromatic heterocycles. The molecule has 2 aromatic carbocycles. The highest BCUT2D eigenvalue weighted by molar-refractivity contribution is 5.67. The molecule has 166 valence electrons. The van der Waals surface area contributed by atoms with Crippen LogP contribution in [0.4, 0.5) is 11.4 Å². The number of nitrogens with two attached hydrogens (primary N) is 1. The van der Waals surface area contributed by atoms with Crippen LogP contribution < -0.4 is 11.1 Å². The molecular formula is C26H31N5O. The number of benzene rings is 2. The average molecular weight is 430 g/mol. The molecule has 6 nitrogen and oxygen atoms in total. The van der Waals surface area contributed by atoms with E-state index in [0.29, 0.717) is 12.1 Å². The molecule has 0 amide bonds. The number of hydrogen-bond donors (Lipinski definition) is 3. The number of hydrogen-bond acceptors (Lipinski definition) is 5. The number of phenols is 1. The van der Waals surface area contributed by atoms with Crippen LogP contribution in [0, 0.1) is 12.8 Å². The van der Waals surface area contributed by atoms with Crippen molar-refractivity contribution < 1.29 is 5.11 Å². The fraction of sp³-hybridized carbons (Fsp3) is 0.269. The first-order valence-corrected chi connectivity index (χ1v) is 10.7. The zero-order valence-electron chi connectivity index (χ0n) is 18.6. The molecule has 1 aliphatic heterocycles. The molecule has 0 saturated carbocycles. The van der Waals surface area contributed by atoms with Gasteiger partial charge in [-0.15, -0.1) is 12.8 Å². The molecule has 32 heavy (non-hydrogen) atoms. The third-order valence-electron chi connectivity index (χ3n) is 5.56. The Labute approximate surface area is 190 Å². The summed E-state index contributed by atoms with van der Waals surface area (Å²) in [7, 11) is 1.90. The number of likely N-dealkylation sites (tertiary alicyclic amines) is 1. The number of aromatic hydroxyl groups is 1. The van der Waals surface area contributed by atoms with Gasteiger partial charge in [-0.2, -0.15) is 5.10 Å². The van der Waals surface area contributed by atoms with Gasteiger partial charge in [-0.25, -0.2) is 0 Å². The van der Waals surface area contributed by atoms with Crippen molar-refractivity contribution in [3.8, 4) is 29.7 Å². The summed E-state index contributed by atoms with van der Waals surface area (Å²) < 4.78 is 1.78. The van der Waals surface area contributed by atoms with E-state index in [1.54, 1.807) is 4.68 Å². The molecule has 3 aromatic rings. The number of allylic oxidation sites excluding steroid dienone is 1. The van der Waals surface area contributed by atoms with Gasteiger partial charge in [0.05, 0.1) is 11.9 Å². The van der Waals surface area contributed by atoms with Crippen LogP contribution in [0.15, 0.2) is 61.1 Å². The van der Waals surface area contributed by atoms with Gasteiger partial charge in [0.2, 0.25) is 0 Å². The van der Waals surface area contributed by atoms with Crippen molar-refractivity contribution in [2.24, 2.45) is 7.05 Å². The van der Waals surface area contributed by atoms with Crippen LogP contribution in [0.1, 0.15) is 24.0 Å². The van der Waals surface area contributed by atoms with Gasteiger partial charge in [0.15, 0.2) is 0 Å². The van der Waals surface area contributed by atoms with E-state index in [9.17, 15) is 5.11 Å². The molecule has 4 N–H and O–H groups in total. The van der Waals surface area contributed by atoms with E-state index in [0.717, 1.165) is 53.3 Å². The van der Waals surface area contributed by atoms with Crippen molar-refractivity contribution in [1.82, 2.24) is 14.7 Å². The molecule has 1 fully saturated rings. The van der Waals surface area contributed by atoms with Gasteiger partial charge >= 0.3 is 0 Å². The van der Waals surface area contributed by atoms with Crippen LogP contribution in [0.2, 0.25) is 0 Å². The molecule has 0 aliphatic carbocycles.